The fourth-order valence-electron chi connectivity index (χ4n) is 1.56. The Bertz CT molecular complexity index is 770. The van der Waals surface area contributed by atoms with Gasteiger partial charge in [-0.25, -0.2) is 0 Å². The number of amides is 1. The molecular formula is C11H5BrClN3OS2. The van der Waals surface area contributed by atoms with Gasteiger partial charge in [0.1, 0.15) is 11.0 Å². The van der Waals surface area contributed by atoms with Crippen LogP contribution >= 0.6 is 50.6 Å². The summed E-state index contributed by atoms with van der Waals surface area (Å²) in [6.45, 7) is 0. The van der Waals surface area contributed by atoms with E-state index in [0.717, 1.165) is 21.0 Å². The molecule has 0 atom stereocenters. The van der Waals surface area contributed by atoms with E-state index in [9.17, 15) is 4.79 Å². The zero-order chi connectivity index (χ0) is 13.4. The van der Waals surface area contributed by atoms with Crippen molar-refractivity contribution in [3.63, 3.8) is 0 Å². The molecule has 0 aliphatic heterocycles. The summed E-state index contributed by atoms with van der Waals surface area (Å²) in [6.07, 6.45) is 0. The van der Waals surface area contributed by atoms with E-state index >= 15 is 0 Å². The number of aromatic nitrogens is 2. The highest BCUT2D eigenvalue weighted by Crippen LogP contribution is 2.31. The number of anilines is 1. The molecule has 0 spiro atoms. The Morgan fingerprint density at radius 2 is 2.11 bits per heavy atom. The average molecular weight is 375 g/mol. The van der Waals surface area contributed by atoms with E-state index in [1.807, 2.05) is 6.07 Å². The molecule has 0 unspecified atom stereocenters. The molecule has 96 valence electrons. The number of hydrogen-bond acceptors (Lipinski definition) is 5. The fourth-order valence-corrected chi connectivity index (χ4v) is 3.58. The highest BCUT2D eigenvalue weighted by atomic mass is 79.9. The number of nitrogens with zero attached hydrogens (tertiary/aromatic N) is 2. The first-order valence-electron chi connectivity index (χ1n) is 5.12. The van der Waals surface area contributed by atoms with Gasteiger partial charge in [-0.3, -0.25) is 4.79 Å². The van der Waals surface area contributed by atoms with E-state index < -0.39 is 0 Å². The van der Waals surface area contributed by atoms with E-state index in [4.69, 9.17) is 11.6 Å². The van der Waals surface area contributed by atoms with Crippen molar-refractivity contribution >= 4 is 73.2 Å². The Morgan fingerprint density at radius 3 is 2.84 bits per heavy atom. The molecule has 0 aliphatic rings. The van der Waals surface area contributed by atoms with Crippen LogP contribution in [-0.2, 0) is 0 Å². The van der Waals surface area contributed by atoms with Gasteiger partial charge in [-0.05, 0) is 40.2 Å². The molecule has 0 saturated heterocycles. The van der Waals surface area contributed by atoms with E-state index in [1.54, 1.807) is 18.2 Å². The highest BCUT2D eigenvalue weighted by Gasteiger charge is 2.15. The van der Waals surface area contributed by atoms with Gasteiger partial charge in [0.25, 0.3) is 5.91 Å². The van der Waals surface area contributed by atoms with Crippen LogP contribution in [0.2, 0.25) is 5.02 Å². The lowest BCUT2D eigenvalue weighted by molar-refractivity contribution is 0.103. The minimum absolute atomic E-state index is 0.210. The molecule has 0 fully saturated rings. The molecule has 3 rings (SSSR count). The molecule has 0 radical (unpaired) electrons. The third-order valence-corrected chi connectivity index (χ3v) is 4.89. The van der Waals surface area contributed by atoms with Crippen molar-refractivity contribution in [2.45, 2.75) is 0 Å². The van der Waals surface area contributed by atoms with Gasteiger partial charge in [0, 0.05) is 0 Å². The van der Waals surface area contributed by atoms with Gasteiger partial charge in [0.05, 0.1) is 31.1 Å². The first-order chi connectivity index (χ1) is 9.15. The number of thiophene rings is 1. The lowest BCUT2D eigenvalue weighted by Gasteiger charge is -2.06. The van der Waals surface area contributed by atoms with Crippen molar-refractivity contribution in [1.82, 2.24) is 8.75 Å². The number of benzene rings is 1. The molecule has 2 aromatic heterocycles. The SMILES string of the molecule is O=C(Nc1c(Cl)ccc2nsnc12)c1ccc(Br)s1. The molecule has 3 aromatic rings. The van der Waals surface area contributed by atoms with Crippen LogP contribution in [0, 0.1) is 0 Å². The van der Waals surface area contributed by atoms with Gasteiger partial charge >= 0.3 is 0 Å². The van der Waals surface area contributed by atoms with Crippen molar-refractivity contribution in [3.05, 3.63) is 38.0 Å². The summed E-state index contributed by atoms with van der Waals surface area (Å²) in [5.74, 6) is -0.210. The lowest BCUT2D eigenvalue weighted by atomic mass is 10.2. The standard InChI is InChI=1S/C11H5BrClN3OS2/c12-8-4-3-7(18-8)11(17)14-9-5(13)1-2-6-10(9)16-19-15-6/h1-4H,(H,14,17). The molecule has 0 saturated carbocycles. The molecule has 8 heteroatoms. The molecule has 1 N–H and O–H groups in total. The quantitative estimate of drug-likeness (QED) is 0.722. The minimum atomic E-state index is -0.210. The first kappa shape index (κ1) is 13.0. The Kier molecular flexibility index (Phi) is 3.53. The molecule has 2 heterocycles. The van der Waals surface area contributed by atoms with Gasteiger partial charge in [0.15, 0.2) is 0 Å². The van der Waals surface area contributed by atoms with Gasteiger partial charge in [0.2, 0.25) is 0 Å². The third kappa shape index (κ3) is 2.51. The summed E-state index contributed by atoms with van der Waals surface area (Å²) in [4.78, 5) is 12.7. The maximum Gasteiger partial charge on any atom is 0.265 e. The van der Waals surface area contributed by atoms with E-state index in [-0.39, 0.29) is 5.91 Å². The Labute approximate surface area is 129 Å². The number of rotatable bonds is 2. The number of fused-ring (bicyclic) bond motifs is 1. The van der Waals surface area contributed by atoms with Crippen molar-refractivity contribution in [2.24, 2.45) is 0 Å². The van der Waals surface area contributed by atoms with Crippen LogP contribution in [-0.4, -0.2) is 14.7 Å². The van der Waals surface area contributed by atoms with Crippen molar-refractivity contribution < 1.29 is 4.79 Å². The van der Waals surface area contributed by atoms with Gasteiger partial charge in [-0.15, -0.1) is 11.3 Å². The number of hydrogen-bond donors (Lipinski definition) is 1. The van der Waals surface area contributed by atoms with Crippen LogP contribution in [0.1, 0.15) is 9.67 Å². The van der Waals surface area contributed by atoms with Gasteiger partial charge in [-0.1, -0.05) is 11.6 Å². The largest absolute Gasteiger partial charge is 0.318 e. The van der Waals surface area contributed by atoms with E-state index in [1.165, 1.54) is 11.3 Å². The lowest BCUT2D eigenvalue weighted by Crippen LogP contribution is -2.10. The fraction of sp³-hybridized carbons (Fsp3) is 0. The number of carbonyl (C=O) groups is 1. The summed E-state index contributed by atoms with van der Waals surface area (Å²) >= 11 is 11.9. The van der Waals surface area contributed by atoms with Crippen molar-refractivity contribution in [1.29, 1.82) is 0 Å². The van der Waals surface area contributed by atoms with Gasteiger partial charge in [-0.2, -0.15) is 8.75 Å². The molecule has 4 nitrogen and oxygen atoms in total. The van der Waals surface area contributed by atoms with Crippen molar-refractivity contribution in [3.8, 4) is 0 Å². The summed E-state index contributed by atoms with van der Waals surface area (Å²) in [7, 11) is 0. The summed E-state index contributed by atoms with van der Waals surface area (Å²) in [5, 5.41) is 3.24. The second kappa shape index (κ2) is 5.16. The molecule has 19 heavy (non-hydrogen) atoms. The molecule has 1 aromatic carbocycles. The van der Waals surface area contributed by atoms with Crippen LogP contribution in [0.5, 0.6) is 0 Å². The Morgan fingerprint density at radius 1 is 1.26 bits per heavy atom. The topological polar surface area (TPSA) is 54.9 Å². The minimum Gasteiger partial charge on any atom is -0.318 e. The highest BCUT2D eigenvalue weighted by molar-refractivity contribution is 9.11. The Hall–Kier alpha value is -1.02. The maximum absolute atomic E-state index is 12.1. The molecular weight excluding hydrogens is 370 g/mol. The number of nitrogens with one attached hydrogen (secondary N) is 1. The first-order valence-corrected chi connectivity index (χ1v) is 7.84. The normalized spacial score (nSPS) is 10.8. The second-order valence-corrected chi connectivity index (χ2v) is 7.01. The number of carbonyl (C=O) groups excluding carboxylic acids is 1. The number of halogens is 2. The zero-order valence-electron chi connectivity index (χ0n) is 9.18. The summed E-state index contributed by atoms with van der Waals surface area (Å²) in [5.41, 5.74) is 1.83. The molecule has 0 aliphatic carbocycles. The van der Waals surface area contributed by atoms with Gasteiger partial charge < -0.3 is 5.32 Å². The smallest absolute Gasteiger partial charge is 0.265 e. The monoisotopic (exact) mass is 373 g/mol. The second-order valence-electron chi connectivity index (χ2n) is 3.61. The summed E-state index contributed by atoms with van der Waals surface area (Å²) in [6, 6.07) is 7.05. The van der Waals surface area contributed by atoms with E-state index in [0.29, 0.717) is 21.1 Å². The van der Waals surface area contributed by atoms with Crippen LogP contribution in [0.4, 0.5) is 5.69 Å². The molecule has 0 bridgehead atoms. The molecule has 1 amide bonds. The van der Waals surface area contributed by atoms with Crippen LogP contribution in [0.25, 0.3) is 11.0 Å². The van der Waals surface area contributed by atoms with Crippen LogP contribution in [0.15, 0.2) is 28.1 Å². The van der Waals surface area contributed by atoms with Crippen LogP contribution in [0.3, 0.4) is 0 Å². The predicted octanol–water partition coefficient (Wildman–Crippen LogP) is 4.42. The van der Waals surface area contributed by atoms with Crippen LogP contribution < -0.4 is 5.32 Å². The third-order valence-electron chi connectivity index (χ3n) is 2.41. The van der Waals surface area contributed by atoms with Crippen molar-refractivity contribution in [2.75, 3.05) is 5.32 Å². The maximum atomic E-state index is 12.1. The summed E-state index contributed by atoms with van der Waals surface area (Å²) < 4.78 is 9.18. The zero-order valence-corrected chi connectivity index (χ0v) is 13.2. The predicted molar refractivity (Wildman–Crippen MR) is 82.4 cm³/mol. The average Bonchev–Trinajstić information content (AvgIpc) is 3.01. The van der Waals surface area contributed by atoms with E-state index in [2.05, 4.69) is 30.0 Å². The Balaban J connectivity index is 1.99.